The van der Waals surface area contributed by atoms with Crippen molar-refractivity contribution in [1.29, 1.82) is 0 Å². The molecule has 0 bridgehead atoms. The van der Waals surface area contributed by atoms with E-state index < -0.39 is 0 Å². The molecule has 0 amide bonds. The third-order valence-electron chi connectivity index (χ3n) is 2.62. The molecule has 1 aliphatic rings. The fraction of sp³-hybridized carbons (Fsp3) is 0.727. The van der Waals surface area contributed by atoms with Gasteiger partial charge in [-0.15, -0.1) is 11.3 Å². The van der Waals surface area contributed by atoms with Gasteiger partial charge in [-0.1, -0.05) is 0 Å². The van der Waals surface area contributed by atoms with Gasteiger partial charge in [0.2, 0.25) is 0 Å². The molecule has 1 saturated heterocycles. The molecule has 0 N–H and O–H groups in total. The zero-order valence-electron chi connectivity index (χ0n) is 9.76. The van der Waals surface area contributed by atoms with Gasteiger partial charge in [-0.25, -0.2) is 0 Å². The van der Waals surface area contributed by atoms with Gasteiger partial charge in [0.05, 0.1) is 24.3 Å². The summed E-state index contributed by atoms with van der Waals surface area (Å²) in [6.07, 6.45) is 2.42. The highest BCUT2D eigenvalue weighted by atomic mass is 32.1. The summed E-state index contributed by atoms with van der Waals surface area (Å²) < 4.78 is 10.9. The minimum absolute atomic E-state index is 0.196. The van der Waals surface area contributed by atoms with Crippen LogP contribution < -0.4 is 0 Å². The first-order chi connectivity index (χ1) is 7.78. The minimum Gasteiger partial charge on any atom is -0.382 e. The Morgan fingerprint density at radius 1 is 1.62 bits per heavy atom. The largest absolute Gasteiger partial charge is 0.382 e. The summed E-state index contributed by atoms with van der Waals surface area (Å²) in [7, 11) is 1.72. The number of methoxy groups -OCH3 is 1. The molecular weight excluding hydrogens is 224 g/mol. The number of morpholine rings is 1. The lowest BCUT2D eigenvalue weighted by Crippen LogP contribution is -2.47. The average molecular weight is 242 g/mol. The summed E-state index contributed by atoms with van der Waals surface area (Å²) in [5.74, 6) is 0. The van der Waals surface area contributed by atoms with Gasteiger partial charge in [0.15, 0.2) is 0 Å². The van der Waals surface area contributed by atoms with Crippen LogP contribution in [0.3, 0.4) is 0 Å². The quantitative estimate of drug-likeness (QED) is 0.799. The van der Waals surface area contributed by atoms with Gasteiger partial charge in [0.25, 0.3) is 0 Å². The van der Waals surface area contributed by atoms with E-state index in [0.717, 1.165) is 19.6 Å². The van der Waals surface area contributed by atoms with E-state index in [2.05, 4.69) is 16.8 Å². The average Bonchev–Trinajstić information content (AvgIpc) is 2.70. The van der Waals surface area contributed by atoms with E-state index in [1.807, 2.05) is 11.7 Å². The molecular formula is C11H18N2O2S. The number of hydrogen-bond donors (Lipinski definition) is 0. The lowest BCUT2D eigenvalue weighted by atomic mass is 10.2. The number of rotatable bonds is 4. The Morgan fingerprint density at radius 3 is 3.19 bits per heavy atom. The topological polar surface area (TPSA) is 34.6 Å². The standard InChI is InChI=1S/C11H18N2O2S/c1-9-4-13(5-10(15-9)7-14-2)6-11-3-12-8-16-11/h3,8-10H,4-7H2,1-2H3/t9-,10+/m0/s1. The molecule has 0 aliphatic carbocycles. The summed E-state index contributed by atoms with van der Waals surface area (Å²) in [5.41, 5.74) is 1.88. The van der Waals surface area contributed by atoms with Crippen LogP contribution in [0.2, 0.25) is 0 Å². The van der Waals surface area contributed by atoms with Crippen molar-refractivity contribution in [3.8, 4) is 0 Å². The van der Waals surface area contributed by atoms with E-state index in [1.165, 1.54) is 4.88 Å². The Morgan fingerprint density at radius 2 is 2.50 bits per heavy atom. The third kappa shape index (κ3) is 3.25. The van der Waals surface area contributed by atoms with E-state index in [9.17, 15) is 0 Å². The van der Waals surface area contributed by atoms with Crippen molar-refractivity contribution in [2.24, 2.45) is 0 Å². The summed E-state index contributed by atoms with van der Waals surface area (Å²) in [4.78, 5) is 7.82. The van der Waals surface area contributed by atoms with Crippen LogP contribution in [0, 0.1) is 0 Å². The first-order valence-corrected chi connectivity index (χ1v) is 6.40. The molecule has 0 aromatic carbocycles. The van der Waals surface area contributed by atoms with Crippen LogP contribution in [-0.2, 0) is 16.0 Å². The summed E-state index contributed by atoms with van der Waals surface area (Å²) in [5, 5.41) is 0. The summed E-state index contributed by atoms with van der Waals surface area (Å²) in [6.45, 7) is 5.68. The number of hydrogen-bond acceptors (Lipinski definition) is 5. The Labute approximate surface area is 100 Å². The van der Waals surface area contributed by atoms with E-state index in [0.29, 0.717) is 6.61 Å². The molecule has 5 heteroatoms. The maximum Gasteiger partial charge on any atom is 0.0939 e. The van der Waals surface area contributed by atoms with Crippen LogP contribution >= 0.6 is 11.3 Å². The molecule has 2 heterocycles. The zero-order chi connectivity index (χ0) is 11.4. The fourth-order valence-electron chi connectivity index (χ4n) is 2.09. The lowest BCUT2D eigenvalue weighted by Gasteiger charge is -2.36. The Balaban J connectivity index is 1.89. The Bertz CT molecular complexity index is 305. The second-order valence-corrected chi connectivity index (χ2v) is 5.16. The highest BCUT2D eigenvalue weighted by Crippen LogP contribution is 2.16. The smallest absolute Gasteiger partial charge is 0.0939 e. The van der Waals surface area contributed by atoms with Crippen molar-refractivity contribution in [1.82, 2.24) is 9.88 Å². The number of thiazole rings is 1. The molecule has 4 nitrogen and oxygen atoms in total. The van der Waals surface area contributed by atoms with Gasteiger partial charge in [0, 0.05) is 37.8 Å². The van der Waals surface area contributed by atoms with Gasteiger partial charge in [0.1, 0.15) is 0 Å². The molecule has 1 aromatic rings. The van der Waals surface area contributed by atoms with E-state index in [-0.39, 0.29) is 12.2 Å². The Kier molecular flexibility index (Phi) is 4.29. The second-order valence-electron chi connectivity index (χ2n) is 4.19. The summed E-state index contributed by atoms with van der Waals surface area (Å²) >= 11 is 1.71. The monoisotopic (exact) mass is 242 g/mol. The molecule has 2 atom stereocenters. The van der Waals surface area contributed by atoms with Crippen molar-refractivity contribution in [3.63, 3.8) is 0 Å². The zero-order valence-corrected chi connectivity index (χ0v) is 10.6. The van der Waals surface area contributed by atoms with Gasteiger partial charge in [-0.05, 0) is 6.92 Å². The molecule has 1 aromatic heterocycles. The third-order valence-corrected chi connectivity index (χ3v) is 3.38. The number of ether oxygens (including phenoxy) is 2. The van der Waals surface area contributed by atoms with Crippen LogP contribution in [0.25, 0.3) is 0 Å². The van der Waals surface area contributed by atoms with Crippen molar-refractivity contribution >= 4 is 11.3 Å². The van der Waals surface area contributed by atoms with Crippen molar-refractivity contribution in [2.75, 3.05) is 26.8 Å². The van der Waals surface area contributed by atoms with Crippen LogP contribution in [0.5, 0.6) is 0 Å². The van der Waals surface area contributed by atoms with Gasteiger partial charge in [-0.2, -0.15) is 0 Å². The van der Waals surface area contributed by atoms with Crippen LogP contribution in [0.4, 0.5) is 0 Å². The Hall–Kier alpha value is -0.490. The van der Waals surface area contributed by atoms with Gasteiger partial charge in [-0.3, -0.25) is 9.88 Å². The maximum atomic E-state index is 5.80. The minimum atomic E-state index is 0.196. The predicted molar refractivity (Wildman–Crippen MR) is 63.6 cm³/mol. The number of aromatic nitrogens is 1. The van der Waals surface area contributed by atoms with Gasteiger partial charge >= 0.3 is 0 Å². The molecule has 0 unspecified atom stereocenters. The highest BCUT2D eigenvalue weighted by Gasteiger charge is 2.25. The predicted octanol–water partition coefficient (Wildman–Crippen LogP) is 1.38. The SMILES string of the molecule is COC[C@H]1CN(Cc2cncs2)C[C@H](C)O1. The molecule has 16 heavy (non-hydrogen) atoms. The number of nitrogens with zero attached hydrogens (tertiary/aromatic N) is 2. The van der Waals surface area contributed by atoms with Crippen LogP contribution in [-0.4, -0.2) is 48.9 Å². The van der Waals surface area contributed by atoms with Crippen molar-refractivity contribution < 1.29 is 9.47 Å². The molecule has 90 valence electrons. The molecule has 0 spiro atoms. The molecule has 1 aliphatic heterocycles. The van der Waals surface area contributed by atoms with Gasteiger partial charge < -0.3 is 9.47 Å². The maximum absolute atomic E-state index is 5.80. The molecule has 2 rings (SSSR count). The lowest BCUT2D eigenvalue weighted by molar-refractivity contribution is -0.103. The molecule has 0 saturated carbocycles. The molecule has 0 radical (unpaired) electrons. The first kappa shape index (κ1) is 12.0. The second kappa shape index (κ2) is 5.72. The van der Waals surface area contributed by atoms with Crippen molar-refractivity contribution in [3.05, 3.63) is 16.6 Å². The van der Waals surface area contributed by atoms with Crippen LogP contribution in [0.15, 0.2) is 11.7 Å². The normalized spacial score (nSPS) is 27.1. The van der Waals surface area contributed by atoms with E-state index >= 15 is 0 Å². The van der Waals surface area contributed by atoms with Crippen molar-refractivity contribution in [2.45, 2.75) is 25.7 Å². The van der Waals surface area contributed by atoms with E-state index in [4.69, 9.17) is 9.47 Å². The first-order valence-electron chi connectivity index (χ1n) is 5.52. The van der Waals surface area contributed by atoms with Crippen LogP contribution in [0.1, 0.15) is 11.8 Å². The summed E-state index contributed by atoms with van der Waals surface area (Å²) in [6, 6.07) is 0. The van der Waals surface area contributed by atoms with E-state index in [1.54, 1.807) is 18.4 Å². The fourth-order valence-corrected chi connectivity index (χ4v) is 2.72. The highest BCUT2D eigenvalue weighted by molar-refractivity contribution is 7.09. The molecule has 1 fully saturated rings.